The summed E-state index contributed by atoms with van der Waals surface area (Å²) in [6.07, 6.45) is 5.40. The summed E-state index contributed by atoms with van der Waals surface area (Å²) in [5, 5.41) is 6.25. The van der Waals surface area contributed by atoms with Gasteiger partial charge in [0.25, 0.3) is 0 Å². The third kappa shape index (κ3) is 6.61. The van der Waals surface area contributed by atoms with Crippen molar-refractivity contribution in [2.24, 2.45) is 5.92 Å². The van der Waals surface area contributed by atoms with E-state index in [1.54, 1.807) is 6.20 Å². The second kappa shape index (κ2) is 11.4. The summed E-state index contributed by atoms with van der Waals surface area (Å²) in [5.41, 5.74) is 1.21. The number of hydrogen-bond acceptors (Lipinski definition) is 6. The summed E-state index contributed by atoms with van der Waals surface area (Å²) in [5.74, 6) is 2.26. The highest BCUT2D eigenvalue weighted by atomic mass is 16.1. The molecule has 162 valence electrons. The number of carbonyl (C=O) groups excluding carboxylic acids is 1. The van der Waals surface area contributed by atoms with Crippen molar-refractivity contribution in [2.45, 2.75) is 32.6 Å². The van der Waals surface area contributed by atoms with Crippen molar-refractivity contribution in [3.8, 4) is 0 Å². The average molecular weight is 411 g/mol. The summed E-state index contributed by atoms with van der Waals surface area (Å²) in [7, 11) is 2.09. The second-order valence-corrected chi connectivity index (χ2v) is 7.86. The van der Waals surface area contributed by atoms with Crippen LogP contribution in [0, 0.1) is 5.92 Å². The van der Waals surface area contributed by atoms with Crippen molar-refractivity contribution < 1.29 is 4.79 Å². The van der Waals surface area contributed by atoms with Crippen LogP contribution < -0.4 is 20.4 Å². The van der Waals surface area contributed by atoms with Crippen LogP contribution >= 0.6 is 0 Å². The molecule has 0 saturated carbocycles. The van der Waals surface area contributed by atoms with Gasteiger partial charge in [0.2, 0.25) is 11.9 Å². The van der Waals surface area contributed by atoms with E-state index in [0.29, 0.717) is 18.3 Å². The number of piperidine rings is 1. The number of para-hydroxylation sites is 1. The van der Waals surface area contributed by atoms with Crippen LogP contribution in [0.3, 0.4) is 0 Å². The van der Waals surface area contributed by atoms with E-state index in [1.807, 2.05) is 31.2 Å². The number of amides is 1. The third-order valence-electron chi connectivity index (χ3n) is 5.58. The summed E-state index contributed by atoms with van der Waals surface area (Å²) in [6.45, 7) is 6.36. The zero-order valence-electron chi connectivity index (χ0n) is 18.2. The minimum atomic E-state index is 0.173. The fourth-order valence-electron chi connectivity index (χ4n) is 3.82. The molecule has 1 aromatic carbocycles. The molecule has 1 fully saturated rings. The normalized spacial score (nSPS) is 14.4. The first kappa shape index (κ1) is 21.9. The van der Waals surface area contributed by atoms with Gasteiger partial charge in [0.15, 0.2) is 0 Å². The number of nitrogens with zero attached hydrogens (tertiary/aromatic N) is 4. The molecule has 0 atom stereocenters. The summed E-state index contributed by atoms with van der Waals surface area (Å²) in [6, 6.07) is 12.3. The van der Waals surface area contributed by atoms with Gasteiger partial charge in [-0.25, -0.2) is 4.98 Å². The molecule has 2 heterocycles. The van der Waals surface area contributed by atoms with Gasteiger partial charge in [0.1, 0.15) is 5.82 Å². The van der Waals surface area contributed by atoms with Crippen molar-refractivity contribution in [2.75, 3.05) is 54.9 Å². The lowest BCUT2D eigenvalue weighted by atomic mass is 9.93. The zero-order valence-corrected chi connectivity index (χ0v) is 18.2. The Labute approximate surface area is 179 Å². The first-order chi connectivity index (χ1) is 14.7. The SMILES string of the molecule is CCNc1nccc(N2CCC(CC(=O)NCCCN(C)c3ccccc3)CC2)n1. The molecule has 7 nitrogen and oxygen atoms in total. The first-order valence-corrected chi connectivity index (χ1v) is 11.0. The standard InChI is InChI=1S/C23H34N6O/c1-3-24-23-26-14-10-21(27-23)29-16-11-19(12-17-29)18-22(30)25-13-7-15-28(2)20-8-5-4-6-9-20/h4-6,8-10,14,19H,3,7,11-13,15-18H2,1-2H3,(H,25,30)(H,24,26,27). The van der Waals surface area contributed by atoms with Gasteiger partial charge < -0.3 is 20.4 Å². The Morgan fingerprint density at radius 1 is 1.20 bits per heavy atom. The molecule has 0 aliphatic carbocycles. The fraction of sp³-hybridized carbons (Fsp3) is 0.522. The molecule has 2 N–H and O–H groups in total. The van der Waals surface area contributed by atoms with Crippen molar-refractivity contribution in [1.82, 2.24) is 15.3 Å². The predicted molar refractivity (Wildman–Crippen MR) is 123 cm³/mol. The fourth-order valence-corrected chi connectivity index (χ4v) is 3.82. The van der Waals surface area contributed by atoms with Gasteiger partial charge in [-0.1, -0.05) is 18.2 Å². The lowest BCUT2D eigenvalue weighted by Crippen LogP contribution is -2.36. The van der Waals surface area contributed by atoms with Crippen molar-refractivity contribution in [3.05, 3.63) is 42.6 Å². The van der Waals surface area contributed by atoms with Gasteiger partial charge >= 0.3 is 0 Å². The van der Waals surface area contributed by atoms with Gasteiger partial charge in [-0.05, 0) is 50.3 Å². The van der Waals surface area contributed by atoms with E-state index < -0.39 is 0 Å². The molecule has 0 unspecified atom stereocenters. The average Bonchev–Trinajstić information content (AvgIpc) is 2.78. The molecular formula is C23H34N6O. The van der Waals surface area contributed by atoms with Gasteiger partial charge in [-0.15, -0.1) is 0 Å². The molecule has 1 aromatic heterocycles. The van der Waals surface area contributed by atoms with Crippen LogP contribution in [0.1, 0.15) is 32.6 Å². The van der Waals surface area contributed by atoms with Crippen LogP contribution in [-0.4, -0.2) is 55.6 Å². The molecule has 0 spiro atoms. The number of carbonyl (C=O) groups is 1. The van der Waals surface area contributed by atoms with Crippen molar-refractivity contribution >= 4 is 23.4 Å². The van der Waals surface area contributed by atoms with Gasteiger partial charge in [0.05, 0.1) is 0 Å². The molecular weight excluding hydrogens is 376 g/mol. The highest BCUT2D eigenvalue weighted by Crippen LogP contribution is 2.24. The predicted octanol–water partition coefficient (Wildman–Crippen LogP) is 3.16. The minimum Gasteiger partial charge on any atom is -0.375 e. The van der Waals surface area contributed by atoms with Crippen molar-refractivity contribution in [3.63, 3.8) is 0 Å². The van der Waals surface area contributed by atoms with E-state index in [4.69, 9.17) is 0 Å². The molecule has 1 aliphatic heterocycles. The van der Waals surface area contributed by atoms with Crippen molar-refractivity contribution in [1.29, 1.82) is 0 Å². The minimum absolute atomic E-state index is 0.173. The Kier molecular flexibility index (Phi) is 8.30. The Balaban J connectivity index is 1.33. The number of rotatable bonds is 10. The Bertz CT molecular complexity index is 776. The topological polar surface area (TPSA) is 73.4 Å². The second-order valence-electron chi connectivity index (χ2n) is 7.86. The van der Waals surface area contributed by atoms with E-state index in [9.17, 15) is 4.79 Å². The third-order valence-corrected chi connectivity index (χ3v) is 5.58. The van der Waals surface area contributed by atoms with Crippen LogP contribution in [0.2, 0.25) is 0 Å². The summed E-state index contributed by atoms with van der Waals surface area (Å²) >= 11 is 0. The van der Waals surface area contributed by atoms with E-state index in [1.165, 1.54) is 5.69 Å². The van der Waals surface area contributed by atoms with Gasteiger partial charge in [0, 0.05) is 58.1 Å². The quantitative estimate of drug-likeness (QED) is 0.586. The van der Waals surface area contributed by atoms with E-state index in [-0.39, 0.29) is 5.91 Å². The molecule has 0 bridgehead atoms. The lowest BCUT2D eigenvalue weighted by molar-refractivity contribution is -0.122. The molecule has 7 heteroatoms. The maximum atomic E-state index is 12.3. The van der Waals surface area contributed by atoms with Gasteiger partial charge in [-0.3, -0.25) is 4.79 Å². The number of aromatic nitrogens is 2. The lowest BCUT2D eigenvalue weighted by Gasteiger charge is -2.32. The molecule has 0 radical (unpaired) electrons. The zero-order chi connectivity index (χ0) is 21.2. The smallest absolute Gasteiger partial charge is 0.224 e. The maximum absolute atomic E-state index is 12.3. The van der Waals surface area contributed by atoms with Gasteiger partial charge in [-0.2, -0.15) is 4.98 Å². The first-order valence-electron chi connectivity index (χ1n) is 11.0. The van der Waals surface area contributed by atoms with E-state index in [0.717, 1.165) is 57.8 Å². The Morgan fingerprint density at radius 2 is 1.97 bits per heavy atom. The summed E-state index contributed by atoms with van der Waals surface area (Å²) in [4.78, 5) is 25.6. The molecule has 1 amide bonds. The highest BCUT2D eigenvalue weighted by molar-refractivity contribution is 5.76. The molecule has 1 aliphatic rings. The Hall–Kier alpha value is -2.83. The van der Waals surface area contributed by atoms with Crippen LogP contribution in [0.5, 0.6) is 0 Å². The van der Waals surface area contributed by atoms with Crippen LogP contribution in [0.4, 0.5) is 17.5 Å². The Morgan fingerprint density at radius 3 is 2.70 bits per heavy atom. The maximum Gasteiger partial charge on any atom is 0.224 e. The summed E-state index contributed by atoms with van der Waals surface area (Å²) < 4.78 is 0. The number of benzene rings is 1. The number of anilines is 3. The molecule has 30 heavy (non-hydrogen) atoms. The molecule has 1 saturated heterocycles. The number of hydrogen-bond donors (Lipinski definition) is 2. The van der Waals surface area contributed by atoms with Crippen LogP contribution in [0.25, 0.3) is 0 Å². The molecule has 2 aromatic rings. The van der Waals surface area contributed by atoms with E-state index in [2.05, 4.69) is 49.6 Å². The monoisotopic (exact) mass is 410 g/mol. The van der Waals surface area contributed by atoms with Crippen LogP contribution in [0.15, 0.2) is 42.6 Å². The highest BCUT2D eigenvalue weighted by Gasteiger charge is 2.22. The number of nitrogens with one attached hydrogen (secondary N) is 2. The van der Waals surface area contributed by atoms with Crippen LogP contribution in [-0.2, 0) is 4.79 Å². The largest absolute Gasteiger partial charge is 0.375 e. The van der Waals surface area contributed by atoms with E-state index >= 15 is 0 Å². The molecule has 3 rings (SSSR count).